The van der Waals surface area contributed by atoms with Gasteiger partial charge >= 0.3 is 0 Å². The van der Waals surface area contributed by atoms with E-state index in [9.17, 15) is 5.11 Å². The van der Waals surface area contributed by atoms with Crippen LogP contribution in [-0.4, -0.2) is 28.2 Å². The monoisotopic (exact) mass is 309 g/mol. The van der Waals surface area contributed by atoms with E-state index in [1.54, 1.807) is 6.07 Å². The molecule has 1 aromatic carbocycles. The van der Waals surface area contributed by atoms with Crippen molar-refractivity contribution in [3.63, 3.8) is 0 Å². The normalized spacial score (nSPS) is 11.3. The molecule has 0 amide bonds. The predicted octanol–water partition coefficient (Wildman–Crippen LogP) is 3.09. The highest BCUT2D eigenvalue weighted by molar-refractivity contribution is 5.36. The number of aromatic hydroxyl groups is 1. The SMILES string of the molecule is CCCCCCCCCc1ccc(O)c(CNCC(O)O)c1. The molecule has 4 N–H and O–H groups in total. The molecule has 0 unspecified atom stereocenters. The summed E-state index contributed by atoms with van der Waals surface area (Å²) in [5.74, 6) is 0.253. The summed E-state index contributed by atoms with van der Waals surface area (Å²) < 4.78 is 0. The maximum absolute atomic E-state index is 9.83. The molecule has 0 aliphatic heterocycles. The fraction of sp³-hybridized carbons (Fsp3) is 0.667. The molecule has 22 heavy (non-hydrogen) atoms. The Hall–Kier alpha value is -1.10. The van der Waals surface area contributed by atoms with Crippen LogP contribution >= 0.6 is 0 Å². The zero-order chi connectivity index (χ0) is 16.2. The largest absolute Gasteiger partial charge is 0.508 e. The second kappa shape index (κ2) is 11.5. The van der Waals surface area contributed by atoms with E-state index in [0.717, 1.165) is 12.0 Å². The number of aryl methyl sites for hydroxylation is 1. The first-order chi connectivity index (χ1) is 10.6. The molecule has 1 aromatic rings. The molecule has 0 radical (unpaired) electrons. The Balaban J connectivity index is 2.28. The topological polar surface area (TPSA) is 72.7 Å². The lowest BCUT2D eigenvalue weighted by molar-refractivity contribution is -0.0374. The van der Waals surface area contributed by atoms with Gasteiger partial charge in [0, 0.05) is 18.7 Å². The number of unbranched alkanes of at least 4 members (excludes halogenated alkanes) is 6. The average molecular weight is 309 g/mol. The van der Waals surface area contributed by atoms with Gasteiger partial charge in [0.25, 0.3) is 0 Å². The summed E-state index contributed by atoms with van der Waals surface area (Å²) in [7, 11) is 0. The van der Waals surface area contributed by atoms with Crippen molar-refractivity contribution >= 4 is 0 Å². The molecule has 1 rings (SSSR count). The first-order valence-corrected chi connectivity index (χ1v) is 8.51. The summed E-state index contributed by atoms with van der Waals surface area (Å²) in [5.41, 5.74) is 2.04. The van der Waals surface area contributed by atoms with Crippen LogP contribution in [0, 0.1) is 0 Å². The van der Waals surface area contributed by atoms with Gasteiger partial charge < -0.3 is 20.6 Å². The standard InChI is InChI=1S/C18H31NO3/c1-2-3-4-5-6-7-8-9-15-10-11-17(20)16(12-15)13-19-14-18(21)22/h10-12,18-22H,2-9,13-14H2,1H3. The summed E-state index contributed by atoms with van der Waals surface area (Å²) in [6.45, 7) is 2.77. The molecular formula is C18H31NO3. The molecule has 4 heteroatoms. The van der Waals surface area contributed by atoms with Crippen LogP contribution in [0.1, 0.15) is 63.0 Å². The number of phenols is 1. The maximum atomic E-state index is 9.83. The van der Waals surface area contributed by atoms with E-state index in [1.807, 2.05) is 12.1 Å². The fourth-order valence-electron chi connectivity index (χ4n) is 2.56. The number of phenolic OH excluding ortho intramolecular Hbond substituents is 1. The Kier molecular flexibility index (Phi) is 9.87. The number of nitrogens with one attached hydrogen (secondary N) is 1. The summed E-state index contributed by atoms with van der Waals surface area (Å²) >= 11 is 0. The highest BCUT2D eigenvalue weighted by atomic mass is 16.5. The van der Waals surface area contributed by atoms with Gasteiger partial charge in [-0.1, -0.05) is 57.6 Å². The van der Waals surface area contributed by atoms with Crippen LogP contribution in [0.15, 0.2) is 18.2 Å². The van der Waals surface area contributed by atoms with Crippen molar-refractivity contribution in [1.82, 2.24) is 5.32 Å². The van der Waals surface area contributed by atoms with Gasteiger partial charge in [-0.25, -0.2) is 0 Å². The van der Waals surface area contributed by atoms with Crippen molar-refractivity contribution in [1.29, 1.82) is 0 Å². The van der Waals surface area contributed by atoms with E-state index in [1.165, 1.54) is 50.5 Å². The molecule has 0 aliphatic rings. The van der Waals surface area contributed by atoms with E-state index < -0.39 is 6.29 Å². The molecule has 0 aromatic heterocycles. The van der Waals surface area contributed by atoms with Crippen molar-refractivity contribution in [3.05, 3.63) is 29.3 Å². The number of hydrogen-bond donors (Lipinski definition) is 4. The van der Waals surface area contributed by atoms with Gasteiger partial charge in [0.2, 0.25) is 0 Å². The molecule has 126 valence electrons. The highest BCUT2D eigenvalue weighted by Crippen LogP contribution is 2.20. The fourth-order valence-corrected chi connectivity index (χ4v) is 2.56. The van der Waals surface area contributed by atoms with Crippen molar-refractivity contribution in [2.24, 2.45) is 0 Å². The average Bonchev–Trinajstić information content (AvgIpc) is 2.49. The number of rotatable bonds is 12. The minimum atomic E-state index is -1.36. The van der Waals surface area contributed by atoms with Crippen molar-refractivity contribution in [2.75, 3.05) is 6.54 Å². The van der Waals surface area contributed by atoms with Gasteiger partial charge in [-0.2, -0.15) is 0 Å². The smallest absolute Gasteiger partial charge is 0.164 e. The van der Waals surface area contributed by atoms with Crippen LogP contribution in [0.4, 0.5) is 0 Å². The van der Waals surface area contributed by atoms with Crippen molar-refractivity contribution in [2.45, 2.75) is 71.1 Å². The minimum absolute atomic E-state index is 0.0986. The van der Waals surface area contributed by atoms with Gasteiger partial charge in [-0.15, -0.1) is 0 Å². The third kappa shape index (κ3) is 8.37. The number of benzene rings is 1. The van der Waals surface area contributed by atoms with Gasteiger partial charge in [0.1, 0.15) is 5.75 Å². The second-order valence-electron chi connectivity index (χ2n) is 5.95. The van der Waals surface area contributed by atoms with Crippen molar-refractivity contribution in [3.8, 4) is 5.75 Å². The Morgan fingerprint density at radius 2 is 1.68 bits per heavy atom. The van der Waals surface area contributed by atoms with Crippen LogP contribution in [-0.2, 0) is 13.0 Å². The molecule has 0 bridgehead atoms. The molecule has 4 nitrogen and oxygen atoms in total. The van der Waals surface area contributed by atoms with E-state index in [4.69, 9.17) is 10.2 Å². The minimum Gasteiger partial charge on any atom is -0.508 e. The predicted molar refractivity (Wildman–Crippen MR) is 89.7 cm³/mol. The van der Waals surface area contributed by atoms with Crippen LogP contribution < -0.4 is 5.32 Å². The first-order valence-electron chi connectivity index (χ1n) is 8.51. The molecule has 0 heterocycles. The van der Waals surface area contributed by atoms with Crippen molar-refractivity contribution < 1.29 is 15.3 Å². The summed E-state index contributed by atoms with van der Waals surface area (Å²) in [5, 5.41) is 30.3. The maximum Gasteiger partial charge on any atom is 0.164 e. The third-order valence-corrected chi connectivity index (χ3v) is 3.86. The van der Waals surface area contributed by atoms with Crippen LogP contribution in [0.2, 0.25) is 0 Å². The third-order valence-electron chi connectivity index (χ3n) is 3.86. The summed E-state index contributed by atoms with van der Waals surface area (Å²) in [6, 6.07) is 5.70. The van der Waals surface area contributed by atoms with Crippen LogP contribution in [0.3, 0.4) is 0 Å². The quantitative estimate of drug-likeness (QED) is 0.354. The second-order valence-corrected chi connectivity index (χ2v) is 5.95. The van der Waals surface area contributed by atoms with Gasteiger partial charge in [0.05, 0.1) is 0 Å². The Labute approximate surface area is 134 Å². The van der Waals surface area contributed by atoms with E-state index in [0.29, 0.717) is 6.54 Å². The zero-order valence-corrected chi connectivity index (χ0v) is 13.7. The molecule has 0 spiro atoms. The number of aliphatic hydroxyl groups is 2. The summed E-state index contributed by atoms with van der Waals surface area (Å²) in [6.07, 6.45) is 8.73. The molecule has 0 saturated carbocycles. The lowest BCUT2D eigenvalue weighted by atomic mass is 10.0. The van der Waals surface area contributed by atoms with E-state index in [2.05, 4.69) is 12.2 Å². The molecule has 0 saturated heterocycles. The Bertz CT molecular complexity index is 407. The molecule has 0 aliphatic carbocycles. The zero-order valence-electron chi connectivity index (χ0n) is 13.7. The van der Waals surface area contributed by atoms with Crippen LogP contribution in [0.5, 0.6) is 5.75 Å². The Morgan fingerprint density at radius 1 is 1.00 bits per heavy atom. The van der Waals surface area contributed by atoms with Gasteiger partial charge in [0.15, 0.2) is 6.29 Å². The van der Waals surface area contributed by atoms with Crippen LogP contribution in [0.25, 0.3) is 0 Å². The molecular weight excluding hydrogens is 278 g/mol. The number of aliphatic hydroxyl groups excluding tert-OH is 1. The van der Waals surface area contributed by atoms with E-state index >= 15 is 0 Å². The highest BCUT2D eigenvalue weighted by Gasteiger charge is 2.04. The van der Waals surface area contributed by atoms with Gasteiger partial charge in [-0.3, -0.25) is 0 Å². The molecule has 0 fully saturated rings. The Morgan fingerprint density at radius 3 is 2.36 bits per heavy atom. The summed E-state index contributed by atoms with van der Waals surface area (Å²) in [4.78, 5) is 0. The number of hydrogen-bond acceptors (Lipinski definition) is 4. The first kappa shape index (κ1) is 18.9. The lowest BCUT2D eigenvalue weighted by Crippen LogP contribution is -2.25. The lowest BCUT2D eigenvalue weighted by Gasteiger charge is -2.10. The molecule has 0 atom stereocenters. The van der Waals surface area contributed by atoms with Gasteiger partial charge in [-0.05, 0) is 24.5 Å². The van der Waals surface area contributed by atoms with E-state index in [-0.39, 0.29) is 12.3 Å².